The summed E-state index contributed by atoms with van der Waals surface area (Å²) in [5, 5.41) is 0. The summed E-state index contributed by atoms with van der Waals surface area (Å²) in [6, 6.07) is 19.2. The van der Waals surface area contributed by atoms with Gasteiger partial charge in [0.15, 0.2) is 0 Å². The lowest BCUT2D eigenvalue weighted by Crippen LogP contribution is -2.23. The SMILES string of the molecule is CCCCCN1CCC(COc2ccc(Cc3ccccc3)cc2)C1.Cl. The Morgan fingerprint density at radius 2 is 1.69 bits per heavy atom. The molecule has 1 heterocycles. The molecule has 0 amide bonds. The predicted molar refractivity (Wildman–Crippen MR) is 113 cm³/mol. The fraction of sp³-hybridized carbons (Fsp3) is 0.478. The lowest BCUT2D eigenvalue weighted by molar-refractivity contribution is 0.239. The van der Waals surface area contributed by atoms with Crippen molar-refractivity contribution in [2.45, 2.75) is 39.0 Å². The summed E-state index contributed by atoms with van der Waals surface area (Å²) < 4.78 is 6.04. The molecule has 0 aliphatic carbocycles. The van der Waals surface area contributed by atoms with E-state index in [1.807, 2.05) is 0 Å². The quantitative estimate of drug-likeness (QED) is 0.531. The van der Waals surface area contributed by atoms with Crippen molar-refractivity contribution >= 4 is 12.4 Å². The third-order valence-corrected chi connectivity index (χ3v) is 5.11. The number of hydrogen-bond donors (Lipinski definition) is 0. The molecule has 0 spiro atoms. The van der Waals surface area contributed by atoms with Crippen LogP contribution in [0.4, 0.5) is 0 Å². The van der Waals surface area contributed by atoms with Crippen LogP contribution >= 0.6 is 12.4 Å². The molecule has 1 atom stereocenters. The van der Waals surface area contributed by atoms with E-state index in [9.17, 15) is 0 Å². The first kappa shape index (κ1) is 20.8. The van der Waals surface area contributed by atoms with Crippen molar-refractivity contribution in [1.29, 1.82) is 0 Å². The first-order chi connectivity index (χ1) is 12.3. The molecule has 3 heteroatoms. The fourth-order valence-electron chi connectivity index (χ4n) is 3.59. The van der Waals surface area contributed by atoms with Gasteiger partial charge in [-0.25, -0.2) is 0 Å². The van der Waals surface area contributed by atoms with Crippen molar-refractivity contribution in [3.63, 3.8) is 0 Å². The number of benzene rings is 2. The number of unbranched alkanes of at least 4 members (excludes halogenated alkanes) is 2. The Morgan fingerprint density at radius 3 is 2.42 bits per heavy atom. The zero-order valence-electron chi connectivity index (χ0n) is 15.9. The molecule has 0 saturated carbocycles. The first-order valence-electron chi connectivity index (χ1n) is 9.81. The molecule has 1 unspecified atom stereocenters. The van der Waals surface area contributed by atoms with Crippen LogP contribution in [0.5, 0.6) is 5.75 Å². The minimum absolute atomic E-state index is 0. The molecule has 1 aliphatic rings. The zero-order chi connectivity index (χ0) is 17.3. The highest BCUT2D eigenvalue weighted by atomic mass is 35.5. The molecule has 0 bridgehead atoms. The maximum Gasteiger partial charge on any atom is 0.119 e. The van der Waals surface area contributed by atoms with Crippen LogP contribution in [-0.4, -0.2) is 31.1 Å². The standard InChI is InChI=1S/C23H31NO.ClH/c1-2-3-7-15-24-16-14-22(18-24)19-25-23-12-10-21(11-13-23)17-20-8-5-4-6-9-20;/h4-6,8-13,22H,2-3,7,14-19H2,1H3;1H. The van der Waals surface area contributed by atoms with Gasteiger partial charge >= 0.3 is 0 Å². The van der Waals surface area contributed by atoms with E-state index in [-0.39, 0.29) is 12.4 Å². The summed E-state index contributed by atoms with van der Waals surface area (Å²) in [6.07, 6.45) is 6.26. The summed E-state index contributed by atoms with van der Waals surface area (Å²) >= 11 is 0. The van der Waals surface area contributed by atoms with E-state index in [0.29, 0.717) is 5.92 Å². The molecule has 1 fully saturated rings. The maximum absolute atomic E-state index is 6.04. The highest BCUT2D eigenvalue weighted by Gasteiger charge is 2.22. The average molecular weight is 374 g/mol. The molecule has 3 rings (SSSR count). The molecule has 0 N–H and O–H groups in total. The second-order valence-corrected chi connectivity index (χ2v) is 7.28. The van der Waals surface area contributed by atoms with Gasteiger partial charge in [-0.3, -0.25) is 0 Å². The molecule has 0 radical (unpaired) electrons. The summed E-state index contributed by atoms with van der Waals surface area (Å²) in [5.41, 5.74) is 2.69. The lowest BCUT2D eigenvalue weighted by Gasteiger charge is -2.16. The Kier molecular flexibility index (Phi) is 9.00. The summed E-state index contributed by atoms with van der Waals surface area (Å²) in [6.45, 7) is 6.83. The normalized spacial score (nSPS) is 17.0. The first-order valence-corrected chi connectivity index (χ1v) is 9.81. The minimum atomic E-state index is 0. The van der Waals surface area contributed by atoms with Crippen molar-refractivity contribution in [1.82, 2.24) is 4.90 Å². The van der Waals surface area contributed by atoms with Gasteiger partial charge in [-0.05, 0) is 55.6 Å². The predicted octanol–water partition coefficient (Wildman–Crippen LogP) is 5.59. The van der Waals surface area contributed by atoms with Crippen LogP contribution in [0.2, 0.25) is 0 Å². The molecule has 142 valence electrons. The number of likely N-dealkylation sites (tertiary alicyclic amines) is 1. The van der Waals surface area contributed by atoms with Crippen molar-refractivity contribution in [3.05, 3.63) is 65.7 Å². The van der Waals surface area contributed by atoms with Gasteiger partial charge in [0.1, 0.15) is 5.75 Å². The molecule has 1 aliphatic heterocycles. The van der Waals surface area contributed by atoms with Gasteiger partial charge in [0.2, 0.25) is 0 Å². The van der Waals surface area contributed by atoms with Gasteiger partial charge < -0.3 is 9.64 Å². The monoisotopic (exact) mass is 373 g/mol. The molecular formula is C23H32ClNO. The van der Waals surface area contributed by atoms with Crippen LogP contribution in [-0.2, 0) is 6.42 Å². The van der Waals surface area contributed by atoms with Crippen LogP contribution in [0.15, 0.2) is 54.6 Å². The number of nitrogens with zero attached hydrogens (tertiary/aromatic N) is 1. The highest BCUT2D eigenvalue weighted by Crippen LogP contribution is 2.20. The lowest BCUT2D eigenvalue weighted by atomic mass is 10.1. The van der Waals surface area contributed by atoms with Crippen molar-refractivity contribution in [2.24, 2.45) is 5.92 Å². The topological polar surface area (TPSA) is 12.5 Å². The Morgan fingerprint density at radius 1 is 0.962 bits per heavy atom. The van der Waals surface area contributed by atoms with Gasteiger partial charge in [-0.15, -0.1) is 12.4 Å². The molecule has 2 nitrogen and oxygen atoms in total. The Labute approximate surface area is 165 Å². The minimum Gasteiger partial charge on any atom is -0.493 e. The third-order valence-electron chi connectivity index (χ3n) is 5.11. The van der Waals surface area contributed by atoms with E-state index < -0.39 is 0 Å². The van der Waals surface area contributed by atoms with E-state index in [0.717, 1.165) is 18.8 Å². The molecule has 26 heavy (non-hydrogen) atoms. The van der Waals surface area contributed by atoms with Crippen LogP contribution in [0.25, 0.3) is 0 Å². The number of hydrogen-bond acceptors (Lipinski definition) is 2. The summed E-state index contributed by atoms with van der Waals surface area (Å²) in [5.74, 6) is 1.69. The van der Waals surface area contributed by atoms with Gasteiger partial charge in [0.25, 0.3) is 0 Å². The smallest absolute Gasteiger partial charge is 0.119 e. The number of rotatable bonds is 9. The van der Waals surface area contributed by atoms with Gasteiger partial charge in [-0.1, -0.05) is 62.2 Å². The maximum atomic E-state index is 6.04. The van der Waals surface area contributed by atoms with E-state index >= 15 is 0 Å². The molecule has 1 saturated heterocycles. The second-order valence-electron chi connectivity index (χ2n) is 7.28. The Bertz CT molecular complexity index is 614. The van der Waals surface area contributed by atoms with Crippen LogP contribution in [0.1, 0.15) is 43.7 Å². The largest absolute Gasteiger partial charge is 0.493 e. The van der Waals surface area contributed by atoms with Gasteiger partial charge in [-0.2, -0.15) is 0 Å². The van der Waals surface area contributed by atoms with E-state index in [2.05, 4.69) is 66.4 Å². The zero-order valence-corrected chi connectivity index (χ0v) is 16.7. The summed E-state index contributed by atoms with van der Waals surface area (Å²) in [7, 11) is 0. The molecule has 0 aromatic heterocycles. The number of halogens is 1. The molecule has 2 aromatic carbocycles. The second kappa shape index (κ2) is 11.3. The van der Waals surface area contributed by atoms with E-state index in [1.165, 1.54) is 56.4 Å². The van der Waals surface area contributed by atoms with Gasteiger partial charge in [0.05, 0.1) is 6.61 Å². The average Bonchev–Trinajstić information content (AvgIpc) is 3.10. The third kappa shape index (κ3) is 6.66. The fourth-order valence-corrected chi connectivity index (χ4v) is 3.59. The van der Waals surface area contributed by atoms with Crippen molar-refractivity contribution in [3.8, 4) is 5.75 Å². The molecule has 2 aromatic rings. The van der Waals surface area contributed by atoms with Crippen LogP contribution in [0.3, 0.4) is 0 Å². The number of ether oxygens (including phenoxy) is 1. The highest BCUT2D eigenvalue weighted by molar-refractivity contribution is 5.85. The Hall–Kier alpha value is -1.51. The van der Waals surface area contributed by atoms with E-state index in [4.69, 9.17) is 4.74 Å². The van der Waals surface area contributed by atoms with Crippen LogP contribution < -0.4 is 4.74 Å². The summed E-state index contributed by atoms with van der Waals surface area (Å²) in [4.78, 5) is 2.60. The Balaban J connectivity index is 0.00000243. The van der Waals surface area contributed by atoms with E-state index in [1.54, 1.807) is 0 Å². The van der Waals surface area contributed by atoms with Crippen molar-refractivity contribution in [2.75, 3.05) is 26.2 Å². The van der Waals surface area contributed by atoms with Crippen molar-refractivity contribution < 1.29 is 4.74 Å². The molecular weight excluding hydrogens is 342 g/mol. The van der Waals surface area contributed by atoms with Crippen LogP contribution in [0, 0.1) is 5.92 Å². The van der Waals surface area contributed by atoms with Gasteiger partial charge in [0, 0.05) is 12.5 Å².